The Morgan fingerprint density at radius 1 is 0.351 bits per heavy atom. The number of nitrogens with zero attached hydrogens (tertiary/aromatic N) is 4. The van der Waals surface area contributed by atoms with Crippen molar-refractivity contribution in [2.75, 3.05) is 0 Å². The van der Waals surface area contributed by atoms with Gasteiger partial charge in [-0.2, -0.15) is 0 Å². The molecule has 4 heterocycles. The molecule has 0 fully saturated rings. The summed E-state index contributed by atoms with van der Waals surface area (Å²) < 4.78 is 15.5. The highest BCUT2D eigenvalue weighted by Crippen LogP contribution is 2.42. The second-order valence-electron chi connectivity index (χ2n) is 14.4. The Bertz CT molecular complexity index is 3410. The molecule has 0 atom stereocenters. The predicted molar refractivity (Wildman–Crippen MR) is 230 cm³/mol. The summed E-state index contributed by atoms with van der Waals surface area (Å²) in [5.74, 6) is 1.77. The molecule has 12 rings (SSSR count). The van der Waals surface area contributed by atoms with Crippen LogP contribution in [0.3, 0.4) is 0 Å². The van der Waals surface area contributed by atoms with Crippen molar-refractivity contribution in [2.45, 2.75) is 0 Å². The first-order valence-corrected chi connectivity index (χ1v) is 19.0. The van der Waals surface area contributed by atoms with Gasteiger partial charge >= 0.3 is 0 Å². The van der Waals surface area contributed by atoms with Gasteiger partial charge in [0, 0.05) is 49.1 Å². The quantitative estimate of drug-likeness (QED) is 0.176. The highest BCUT2D eigenvalue weighted by molar-refractivity contribution is 6.16. The summed E-state index contributed by atoms with van der Waals surface area (Å²) in [7, 11) is 0. The monoisotopic (exact) mass is 730 g/mol. The Kier molecular flexibility index (Phi) is 6.83. The smallest absolute Gasteiger partial charge is 0.167 e. The first kappa shape index (κ1) is 31.5. The van der Waals surface area contributed by atoms with Crippen LogP contribution in [0.1, 0.15) is 0 Å². The summed E-state index contributed by atoms with van der Waals surface area (Å²) in [4.78, 5) is 14.9. The third-order valence-corrected chi connectivity index (χ3v) is 11.1. The first-order chi connectivity index (χ1) is 28.2. The number of benzene rings is 8. The zero-order valence-corrected chi connectivity index (χ0v) is 30.4. The maximum atomic E-state index is 6.74. The van der Waals surface area contributed by atoms with Gasteiger partial charge in [0.25, 0.3) is 0 Å². The lowest BCUT2D eigenvalue weighted by Crippen LogP contribution is -2.00. The lowest BCUT2D eigenvalue weighted by Gasteiger charge is -2.09. The molecule has 0 saturated heterocycles. The van der Waals surface area contributed by atoms with E-state index in [1.165, 1.54) is 21.8 Å². The lowest BCUT2D eigenvalue weighted by atomic mass is 9.97. The standard InChI is InChI=1S/C51H30N4O2/c1-3-13-31(14-4-1)49-52-50(32-15-5-2-6-16-32)54-51(53-49)39-21-11-20-38-47-35(19-12-24-46(47)57-48(38)39)33-25-27-44-40(29-33)41-30-34(26-28-45(41)56-44)55-42-22-9-7-17-36(42)37-18-8-10-23-43(37)55/h1-30H. The maximum Gasteiger partial charge on any atom is 0.167 e. The second kappa shape index (κ2) is 12.3. The van der Waals surface area contributed by atoms with E-state index in [1.807, 2.05) is 72.8 Å². The molecule has 57 heavy (non-hydrogen) atoms. The van der Waals surface area contributed by atoms with Crippen molar-refractivity contribution < 1.29 is 8.83 Å². The number of rotatable bonds is 5. The molecule has 0 spiro atoms. The molecule has 6 nitrogen and oxygen atoms in total. The Morgan fingerprint density at radius 3 is 1.61 bits per heavy atom. The molecule has 0 saturated carbocycles. The molecule has 0 aliphatic heterocycles. The predicted octanol–water partition coefficient (Wildman–Crippen LogP) is 13.4. The minimum atomic E-state index is 0.555. The van der Waals surface area contributed by atoms with Crippen LogP contribution in [0.2, 0.25) is 0 Å². The molecule has 0 N–H and O–H groups in total. The van der Waals surface area contributed by atoms with Crippen molar-refractivity contribution in [3.63, 3.8) is 0 Å². The van der Waals surface area contributed by atoms with E-state index >= 15 is 0 Å². The highest BCUT2D eigenvalue weighted by atomic mass is 16.3. The fraction of sp³-hybridized carbons (Fsp3) is 0. The van der Waals surface area contributed by atoms with Crippen LogP contribution in [-0.4, -0.2) is 19.5 Å². The zero-order chi connectivity index (χ0) is 37.5. The van der Waals surface area contributed by atoms with E-state index in [4.69, 9.17) is 23.8 Å². The minimum Gasteiger partial charge on any atom is -0.456 e. The van der Waals surface area contributed by atoms with E-state index in [-0.39, 0.29) is 0 Å². The highest BCUT2D eigenvalue weighted by Gasteiger charge is 2.21. The van der Waals surface area contributed by atoms with Crippen molar-refractivity contribution in [2.24, 2.45) is 0 Å². The van der Waals surface area contributed by atoms with Gasteiger partial charge in [-0.1, -0.05) is 127 Å². The molecule has 0 amide bonds. The molecule has 266 valence electrons. The molecule has 0 unspecified atom stereocenters. The minimum absolute atomic E-state index is 0.555. The van der Waals surface area contributed by atoms with Gasteiger partial charge in [-0.25, -0.2) is 15.0 Å². The molecule has 6 heteroatoms. The van der Waals surface area contributed by atoms with Gasteiger partial charge in [0.2, 0.25) is 0 Å². The van der Waals surface area contributed by atoms with Crippen molar-refractivity contribution in [1.82, 2.24) is 19.5 Å². The van der Waals surface area contributed by atoms with Crippen LogP contribution in [0.25, 0.3) is 117 Å². The van der Waals surface area contributed by atoms with Crippen LogP contribution >= 0.6 is 0 Å². The first-order valence-electron chi connectivity index (χ1n) is 19.0. The van der Waals surface area contributed by atoms with Crippen molar-refractivity contribution in [1.29, 1.82) is 0 Å². The Morgan fingerprint density at radius 2 is 0.912 bits per heavy atom. The molecule has 0 bridgehead atoms. The summed E-state index contributed by atoms with van der Waals surface area (Å²) in [5, 5.41) is 6.62. The largest absolute Gasteiger partial charge is 0.456 e. The summed E-state index contributed by atoms with van der Waals surface area (Å²) >= 11 is 0. The molecule has 0 aliphatic rings. The summed E-state index contributed by atoms with van der Waals surface area (Å²) in [6.45, 7) is 0. The van der Waals surface area contributed by atoms with E-state index in [0.717, 1.165) is 77.4 Å². The molecule has 0 aliphatic carbocycles. The van der Waals surface area contributed by atoms with Gasteiger partial charge in [-0.15, -0.1) is 0 Å². The van der Waals surface area contributed by atoms with E-state index in [9.17, 15) is 0 Å². The number of furan rings is 2. The number of hydrogen-bond acceptors (Lipinski definition) is 5. The van der Waals surface area contributed by atoms with Crippen LogP contribution in [0.4, 0.5) is 0 Å². The van der Waals surface area contributed by atoms with Crippen molar-refractivity contribution in [3.8, 4) is 51.0 Å². The topological polar surface area (TPSA) is 69.9 Å². The Labute approximate surface area is 325 Å². The molecule has 0 radical (unpaired) electrons. The Hall–Kier alpha value is -7.83. The normalized spacial score (nSPS) is 11.9. The summed E-state index contributed by atoms with van der Waals surface area (Å²) in [5.41, 5.74) is 11.5. The van der Waals surface area contributed by atoms with Gasteiger partial charge in [0.1, 0.15) is 22.3 Å². The lowest BCUT2D eigenvalue weighted by molar-refractivity contribution is 0.669. The second-order valence-corrected chi connectivity index (χ2v) is 14.4. The fourth-order valence-electron chi connectivity index (χ4n) is 8.47. The molecule has 4 aromatic heterocycles. The molecule has 8 aromatic carbocycles. The van der Waals surface area contributed by atoms with E-state index < -0.39 is 0 Å². The van der Waals surface area contributed by atoms with E-state index in [0.29, 0.717) is 17.5 Å². The van der Waals surface area contributed by atoms with E-state index in [2.05, 4.69) is 114 Å². The summed E-state index contributed by atoms with van der Waals surface area (Å²) in [6.07, 6.45) is 0. The van der Waals surface area contributed by atoms with Crippen LogP contribution in [-0.2, 0) is 0 Å². The van der Waals surface area contributed by atoms with Gasteiger partial charge in [0.15, 0.2) is 17.5 Å². The fourth-order valence-corrected chi connectivity index (χ4v) is 8.47. The summed E-state index contributed by atoms with van der Waals surface area (Å²) in [6, 6.07) is 62.7. The van der Waals surface area contributed by atoms with Crippen molar-refractivity contribution >= 4 is 65.7 Å². The van der Waals surface area contributed by atoms with Crippen molar-refractivity contribution in [3.05, 3.63) is 182 Å². The third kappa shape index (κ3) is 4.94. The average Bonchev–Trinajstić information content (AvgIpc) is 3.96. The van der Waals surface area contributed by atoms with Gasteiger partial charge in [-0.3, -0.25) is 0 Å². The Balaban J connectivity index is 1.03. The van der Waals surface area contributed by atoms with Gasteiger partial charge < -0.3 is 13.4 Å². The van der Waals surface area contributed by atoms with Crippen LogP contribution in [0.15, 0.2) is 191 Å². The molecule has 12 aromatic rings. The average molecular weight is 731 g/mol. The number of fused-ring (bicyclic) bond motifs is 9. The third-order valence-electron chi connectivity index (χ3n) is 11.1. The molecular formula is C51H30N4O2. The van der Waals surface area contributed by atoms with E-state index in [1.54, 1.807) is 0 Å². The van der Waals surface area contributed by atoms with Crippen LogP contribution in [0.5, 0.6) is 0 Å². The zero-order valence-electron chi connectivity index (χ0n) is 30.4. The van der Waals surface area contributed by atoms with Crippen LogP contribution < -0.4 is 0 Å². The van der Waals surface area contributed by atoms with Crippen LogP contribution in [0, 0.1) is 0 Å². The van der Waals surface area contributed by atoms with Gasteiger partial charge in [-0.05, 0) is 65.7 Å². The number of aromatic nitrogens is 4. The number of hydrogen-bond donors (Lipinski definition) is 0. The molecular weight excluding hydrogens is 701 g/mol. The number of para-hydroxylation sites is 3. The maximum absolute atomic E-state index is 6.74. The SMILES string of the molecule is c1ccc(-c2nc(-c3ccccc3)nc(-c3cccc4c3oc3cccc(-c5ccc6oc7ccc(-n8c9ccccc9c9ccccc98)cc7c6c5)c34)n2)cc1. The van der Waals surface area contributed by atoms with Gasteiger partial charge in [0.05, 0.1) is 16.6 Å².